The van der Waals surface area contributed by atoms with Crippen LogP contribution in [0.5, 0.6) is 11.5 Å². The summed E-state index contributed by atoms with van der Waals surface area (Å²) >= 11 is 1.31. The SMILES string of the molecule is CSCC[C@H](NC(=O)NC(Cc1cccc(O)c1)C(=O)O)C(=O)N(/C=C1\CC(O)C(n2ccc(=O)[nH]c2=O)O1)C(=O)C(N)C(C)N(C)C(=O)C1Cc2cc(O)ccc2CN1. The van der Waals surface area contributed by atoms with Gasteiger partial charge in [0.25, 0.3) is 17.4 Å². The van der Waals surface area contributed by atoms with E-state index in [0.717, 1.165) is 34.2 Å². The van der Waals surface area contributed by atoms with Crippen LogP contribution in [0, 0.1) is 0 Å². The molecule has 0 aliphatic carbocycles. The summed E-state index contributed by atoms with van der Waals surface area (Å²) < 4.78 is 6.74. The molecule has 2 aliphatic heterocycles. The maximum absolute atomic E-state index is 14.5. The van der Waals surface area contributed by atoms with Crippen LogP contribution in [0.2, 0.25) is 0 Å². The number of thioether (sulfide) groups is 1. The zero-order valence-corrected chi connectivity index (χ0v) is 33.8. The molecule has 1 fully saturated rings. The van der Waals surface area contributed by atoms with Crippen molar-refractivity contribution >= 4 is 41.5 Å². The number of carbonyl (C=O) groups excluding carboxylic acids is 4. The lowest BCUT2D eigenvalue weighted by Crippen LogP contribution is -2.60. The van der Waals surface area contributed by atoms with E-state index >= 15 is 0 Å². The van der Waals surface area contributed by atoms with Crippen LogP contribution < -0.4 is 32.9 Å². The molecule has 0 radical (unpaired) electrons. The third kappa shape index (κ3) is 10.9. The van der Waals surface area contributed by atoms with E-state index in [9.17, 15) is 54.0 Å². The van der Waals surface area contributed by atoms with Gasteiger partial charge in [0, 0.05) is 38.7 Å². The van der Waals surface area contributed by atoms with Crippen molar-refractivity contribution in [2.75, 3.05) is 19.1 Å². The molecule has 322 valence electrons. The number of aromatic amines is 1. The standard InChI is InChI=1S/C39H48N8O12S/c1-20(45(2)33(52)28-16-23-15-25(49)8-7-22(23)18-41-28)32(40)35(54)47(19-26-17-30(50)36(59-26)46-11-9-31(51)44-39(46)58)34(53)27(10-12-60-3)42-38(57)43-29(37(55)56)14-21-5-4-6-24(48)13-21/h4-9,11,13,15,19-20,27-30,32,36,41,48-50H,10,12,14,16-18,40H2,1-3H3,(H,55,56)(H2,42,43,57)(H,44,51,58)/b26-19+/t20?,27-,28?,29?,30?,32?,36?/m0/s1. The Morgan fingerprint density at radius 3 is 2.42 bits per heavy atom. The van der Waals surface area contributed by atoms with Gasteiger partial charge >= 0.3 is 17.7 Å². The van der Waals surface area contributed by atoms with Crippen LogP contribution in [0.3, 0.4) is 0 Å². The number of aliphatic hydroxyl groups excluding tert-OH is 1. The fraction of sp³-hybridized carbons (Fsp3) is 0.410. The number of benzene rings is 2. The number of aliphatic carboxylic acids is 1. The third-order valence-corrected chi connectivity index (χ3v) is 10.9. The van der Waals surface area contributed by atoms with Crippen molar-refractivity contribution < 1.29 is 49.1 Å². The number of H-pyrrole nitrogens is 1. The molecule has 5 rings (SSSR count). The molecule has 2 aliphatic rings. The molecule has 0 saturated carbocycles. The van der Waals surface area contributed by atoms with E-state index in [0.29, 0.717) is 17.0 Å². The second kappa shape index (κ2) is 19.7. The van der Waals surface area contributed by atoms with Gasteiger partial charge in [0.1, 0.15) is 41.5 Å². The highest BCUT2D eigenvalue weighted by molar-refractivity contribution is 7.98. The van der Waals surface area contributed by atoms with Crippen molar-refractivity contribution in [2.24, 2.45) is 5.73 Å². The number of nitrogens with two attached hydrogens (primary N) is 1. The summed E-state index contributed by atoms with van der Waals surface area (Å²) in [4.78, 5) is 96.3. The summed E-state index contributed by atoms with van der Waals surface area (Å²) in [5, 5.41) is 48.6. The Morgan fingerprint density at radius 2 is 1.73 bits per heavy atom. The Bertz CT molecular complexity index is 2250. The van der Waals surface area contributed by atoms with Crippen LogP contribution in [0.25, 0.3) is 0 Å². The fourth-order valence-electron chi connectivity index (χ4n) is 6.79. The molecular formula is C39H48N8O12S. The zero-order chi connectivity index (χ0) is 43.8. The second-order valence-corrected chi connectivity index (χ2v) is 15.4. The summed E-state index contributed by atoms with van der Waals surface area (Å²) in [5.41, 5.74) is 7.00. The number of ether oxygens (including phenoxy) is 1. The molecule has 20 nitrogen and oxygen atoms in total. The number of aromatic nitrogens is 2. The lowest BCUT2D eigenvalue weighted by Gasteiger charge is -2.35. The molecule has 6 unspecified atom stereocenters. The van der Waals surface area contributed by atoms with E-state index in [-0.39, 0.29) is 48.7 Å². The molecule has 7 atom stereocenters. The van der Waals surface area contributed by atoms with Crippen molar-refractivity contribution in [2.45, 2.75) is 81.7 Å². The van der Waals surface area contributed by atoms with Crippen molar-refractivity contribution in [3.8, 4) is 11.5 Å². The summed E-state index contributed by atoms with van der Waals surface area (Å²) in [6, 6.07) is 4.32. The molecule has 21 heteroatoms. The van der Waals surface area contributed by atoms with E-state index in [2.05, 4.69) is 20.9 Å². The van der Waals surface area contributed by atoms with E-state index in [1.807, 2.05) is 0 Å². The number of likely N-dealkylation sites (N-methyl/N-ethyl adjacent to an activating group) is 1. The number of aliphatic hydroxyl groups is 1. The summed E-state index contributed by atoms with van der Waals surface area (Å²) in [6.45, 7) is 1.84. The number of fused-ring (bicyclic) bond motifs is 1. The average Bonchev–Trinajstić information content (AvgIpc) is 3.58. The van der Waals surface area contributed by atoms with Crippen molar-refractivity contribution in [1.82, 2.24) is 35.3 Å². The topological polar surface area (TPSA) is 299 Å². The third-order valence-electron chi connectivity index (χ3n) is 10.3. The molecule has 2 aromatic carbocycles. The first-order valence-electron chi connectivity index (χ1n) is 18.8. The summed E-state index contributed by atoms with van der Waals surface area (Å²) in [6.07, 6.45) is 0.673. The molecule has 1 saturated heterocycles. The molecule has 3 aromatic rings. The number of imide groups is 1. The first-order valence-corrected chi connectivity index (χ1v) is 20.2. The number of amides is 5. The summed E-state index contributed by atoms with van der Waals surface area (Å²) in [5.74, 6) is -3.85. The molecule has 3 heterocycles. The Morgan fingerprint density at radius 1 is 1.02 bits per heavy atom. The van der Waals surface area contributed by atoms with Gasteiger partial charge in [0.15, 0.2) is 0 Å². The van der Waals surface area contributed by atoms with Gasteiger partial charge in [-0.3, -0.25) is 33.6 Å². The van der Waals surface area contributed by atoms with Gasteiger partial charge in [-0.25, -0.2) is 14.4 Å². The van der Waals surface area contributed by atoms with Crippen molar-refractivity contribution in [3.63, 3.8) is 0 Å². The highest BCUT2D eigenvalue weighted by Gasteiger charge is 2.40. The second-order valence-electron chi connectivity index (χ2n) is 14.5. The predicted octanol–water partition coefficient (Wildman–Crippen LogP) is -0.570. The minimum atomic E-state index is -1.57. The maximum atomic E-state index is 14.5. The minimum Gasteiger partial charge on any atom is -0.508 e. The Hall–Kier alpha value is -6.16. The number of carboxylic acid groups (broad SMARTS) is 1. The molecule has 5 amide bonds. The number of carbonyl (C=O) groups is 5. The van der Waals surface area contributed by atoms with Crippen molar-refractivity contribution in [1.29, 1.82) is 0 Å². The number of hydrogen-bond donors (Lipinski definition) is 9. The van der Waals surface area contributed by atoms with Gasteiger partial charge in [-0.2, -0.15) is 11.8 Å². The zero-order valence-electron chi connectivity index (χ0n) is 32.9. The number of carboxylic acids is 1. The highest BCUT2D eigenvalue weighted by atomic mass is 32.2. The predicted molar refractivity (Wildman–Crippen MR) is 216 cm³/mol. The number of nitrogens with one attached hydrogen (secondary N) is 4. The number of urea groups is 1. The number of hydrogen-bond acceptors (Lipinski definition) is 14. The molecule has 0 spiro atoms. The van der Waals surface area contributed by atoms with Gasteiger partial charge in [-0.1, -0.05) is 18.2 Å². The minimum absolute atomic E-state index is 0.0451. The smallest absolute Gasteiger partial charge is 0.331 e. The molecule has 1 aromatic heterocycles. The van der Waals surface area contributed by atoms with Crippen molar-refractivity contribution in [3.05, 3.63) is 104 Å². The van der Waals surface area contributed by atoms with E-state index < -0.39 is 83.5 Å². The van der Waals surface area contributed by atoms with Crippen LogP contribution in [-0.4, -0.2) is 125 Å². The quantitative estimate of drug-likeness (QED) is 0.0925. The van der Waals surface area contributed by atoms with Gasteiger partial charge in [-0.15, -0.1) is 0 Å². The monoisotopic (exact) mass is 852 g/mol. The van der Waals surface area contributed by atoms with Crippen LogP contribution in [0.4, 0.5) is 4.79 Å². The number of aromatic hydroxyl groups is 2. The first kappa shape index (κ1) is 44.9. The van der Waals surface area contributed by atoms with E-state index in [1.165, 1.54) is 48.8 Å². The van der Waals surface area contributed by atoms with Crippen LogP contribution in [0.15, 0.2) is 76.3 Å². The van der Waals surface area contributed by atoms with E-state index in [4.69, 9.17) is 10.5 Å². The lowest BCUT2D eigenvalue weighted by molar-refractivity contribution is -0.145. The molecular weight excluding hydrogens is 805 g/mol. The van der Waals surface area contributed by atoms with Gasteiger partial charge in [0.05, 0.1) is 18.3 Å². The van der Waals surface area contributed by atoms with E-state index in [1.54, 1.807) is 30.5 Å². The molecule has 0 bridgehead atoms. The highest BCUT2D eigenvalue weighted by Crippen LogP contribution is 2.31. The Labute approximate surface area is 347 Å². The number of nitrogens with zero attached hydrogens (tertiary/aromatic N) is 3. The maximum Gasteiger partial charge on any atom is 0.331 e. The first-order chi connectivity index (χ1) is 28.5. The summed E-state index contributed by atoms with van der Waals surface area (Å²) in [7, 11) is 1.44. The number of rotatable bonds is 15. The lowest BCUT2D eigenvalue weighted by atomic mass is 9.94. The fourth-order valence-corrected chi connectivity index (χ4v) is 7.26. The molecule has 10 N–H and O–H groups in total. The van der Waals surface area contributed by atoms with Gasteiger partial charge in [-0.05, 0) is 72.7 Å². The largest absolute Gasteiger partial charge is 0.508 e. The van der Waals surface area contributed by atoms with Crippen LogP contribution in [0.1, 0.15) is 42.7 Å². The normalized spacial score (nSPS) is 19.8. The van der Waals surface area contributed by atoms with Crippen LogP contribution >= 0.6 is 11.8 Å². The number of phenols is 2. The number of phenolic OH excluding ortho intramolecular Hbond substituents is 2. The molecule has 60 heavy (non-hydrogen) atoms. The van der Waals surface area contributed by atoms with Crippen LogP contribution in [-0.2, 0) is 43.3 Å². The Kier molecular flexibility index (Phi) is 14.8. The van der Waals surface area contributed by atoms with Gasteiger partial charge in [0.2, 0.25) is 12.1 Å². The Balaban J connectivity index is 1.41. The average molecular weight is 853 g/mol. The van der Waals surface area contributed by atoms with Gasteiger partial charge < -0.3 is 51.7 Å².